The average molecular weight is 352 g/mol. The molecule has 1 saturated heterocycles. The Bertz CT molecular complexity index is 677. The molecule has 1 heterocycles. The van der Waals surface area contributed by atoms with Crippen molar-refractivity contribution in [2.45, 2.75) is 26.2 Å². The minimum atomic E-state index is 0.178. The van der Waals surface area contributed by atoms with Crippen LogP contribution in [0.5, 0.6) is 5.75 Å². The van der Waals surface area contributed by atoms with Crippen LogP contribution in [-0.2, 0) is 11.2 Å². The molecule has 26 heavy (non-hydrogen) atoms. The molecule has 0 atom stereocenters. The first-order valence-electron chi connectivity index (χ1n) is 9.53. The van der Waals surface area contributed by atoms with E-state index in [-0.39, 0.29) is 5.91 Å². The first kappa shape index (κ1) is 18.3. The van der Waals surface area contributed by atoms with Crippen LogP contribution >= 0.6 is 0 Å². The molecule has 0 spiro atoms. The zero-order chi connectivity index (χ0) is 18.2. The molecule has 2 aromatic rings. The van der Waals surface area contributed by atoms with E-state index in [9.17, 15) is 4.79 Å². The van der Waals surface area contributed by atoms with Gasteiger partial charge in [-0.25, -0.2) is 0 Å². The predicted molar refractivity (Wildman–Crippen MR) is 106 cm³/mol. The first-order valence-corrected chi connectivity index (χ1v) is 9.53. The van der Waals surface area contributed by atoms with Gasteiger partial charge in [0.2, 0.25) is 5.91 Å². The monoisotopic (exact) mass is 352 g/mol. The quantitative estimate of drug-likeness (QED) is 0.819. The SMILES string of the molecule is CCOc1ccc(NCC(=O)N2CCC(Cc3ccccc3)CC2)cc1. The van der Waals surface area contributed by atoms with Crippen LogP contribution < -0.4 is 10.1 Å². The van der Waals surface area contributed by atoms with Crippen molar-refractivity contribution < 1.29 is 9.53 Å². The molecule has 3 rings (SSSR count). The highest BCUT2D eigenvalue weighted by Gasteiger charge is 2.22. The molecule has 0 radical (unpaired) electrons. The van der Waals surface area contributed by atoms with Gasteiger partial charge in [0, 0.05) is 18.8 Å². The maximum Gasteiger partial charge on any atom is 0.241 e. The summed E-state index contributed by atoms with van der Waals surface area (Å²) in [5.41, 5.74) is 2.34. The first-order chi connectivity index (χ1) is 12.7. The fourth-order valence-electron chi connectivity index (χ4n) is 3.46. The zero-order valence-electron chi connectivity index (χ0n) is 15.5. The van der Waals surface area contributed by atoms with E-state index in [4.69, 9.17) is 4.74 Å². The van der Waals surface area contributed by atoms with Gasteiger partial charge in [-0.05, 0) is 61.9 Å². The topological polar surface area (TPSA) is 41.6 Å². The third kappa shape index (κ3) is 5.25. The van der Waals surface area contributed by atoms with Gasteiger partial charge in [0.05, 0.1) is 13.2 Å². The van der Waals surface area contributed by atoms with Crippen LogP contribution in [0, 0.1) is 5.92 Å². The molecule has 1 amide bonds. The number of carbonyl (C=O) groups is 1. The number of ether oxygens (including phenoxy) is 1. The highest BCUT2D eigenvalue weighted by atomic mass is 16.5. The number of carbonyl (C=O) groups excluding carboxylic acids is 1. The van der Waals surface area contributed by atoms with Gasteiger partial charge >= 0.3 is 0 Å². The second kappa shape index (κ2) is 9.27. The molecule has 0 aliphatic carbocycles. The summed E-state index contributed by atoms with van der Waals surface area (Å²) in [6.07, 6.45) is 3.29. The molecule has 4 heteroatoms. The standard InChI is InChI=1S/C22H28N2O2/c1-2-26-21-10-8-20(9-11-21)23-17-22(25)24-14-12-19(13-15-24)16-18-6-4-3-5-7-18/h3-11,19,23H,2,12-17H2,1H3. The fourth-order valence-corrected chi connectivity index (χ4v) is 3.46. The normalized spacial score (nSPS) is 14.9. The Morgan fingerprint density at radius 1 is 1.08 bits per heavy atom. The van der Waals surface area contributed by atoms with Gasteiger partial charge in [0.1, 0.15) is 5.75 Å². The number of nitrogens with one attached hydrogen (secondary N) is 1. The summed E-state index contributed by atoms with van der Waals surface area (Å²) in [4.78, 5) is 14.4. The highest BCUT2D eigenvalue weighted by Crippen LogP contribution is 2.22. The molecular weight excluding hydrogens is 324 g/mol. The van der Waals surface area contributed by atoms with Crippen molar-refractivity contribution in [3.05, 3.63) is 60.2 Å². The lowest BCUT2D eigenvalue weighted by atomic mass is 9.90. The van der Waals surface area contributed by atoms with Crippen molar-refractivity contribution in [3.63, 3.8) is 0 Å². The summed E-state index contributed by atoms with van der Waals surface area (Å²) in [7, 11) is 0. The van der Waals surface area contributed by atoms with E-state index in [0.29, 0.717) is 19.1 Å². The maximum atomic E-state index is 12.4. The smallest absolute Gasteiger partial charge is 0.241 e. The van der Waals surface area contributed by atoms with Gasteiger partial charge in [-0.3, -0.25) is 4.79 Å². The van der Waals surface area contributed by atoms with Gasteiger partial charge in [0.25, 0.3) is 0 Å². The third-order valence-electron chi connectivity index (χ3n) is 4.94. The largest absolute Gasteiger partial charge is 0.494 e. The summed E-state index contributed by atoms with van der Waals surface area (Å²) < 4.78 is 5.43. The summed E-state index contributed by atoms with van der Waals surface area (Å²) in [5, 5.41) is 3.22. The van der Waals surface area contributed by atoms with E-state index in [0.717, 1.165) is 43.8 Å². The number of amides is 1. The molecule has 1 aliphatic heterocycles. The van der Waals surface area contributed by atoms with Crippen molar-refractivity contribution >= 4 is 11.6 Å². The van der Waals surface area contributed by atoms with Gasteiger partial charge < -0.3 is 15.0 Å². The minimum absolute atomic E-state index is 0.178. The van der Waals surface area contributed by atoms with Crippen LogP contribution in [-0.4, -0.2) is 37.0 Å². The molecule has 0 saturated carbocycles. The molecule has 1 N–H and O–H groups in total. The number of hydrogen-bond acceptors (Lipinski definition) is 3. The van der Waals surface area contributed by atoms with Gasteiger partial charge in [-0.15, -0.1) is 0 Å². The van der Waals surface area contributed by atoms with Gasteiger partial charge in [0.15, 0.2) is 0 Å². The van der Waals surface area contributed by atoms with E-state index < -0.39 is 0 Å². The summed E-state index contributed by atoms with van der Waals surface area (Å²) in [6.45, 7) is 4.69. The Labute approximate surface area is 156 Å². The van der Waals surface area contributed by atoms with Crippen molar-refractivity contribution in [2.24, 2.45) is 5.92 Å². The Hall–Kier alpha value is -2.49. The zero-order valence-corrected chi connectivity index (χ0v) is 15.5. The molecule has 0 bridgehead atoms. The molecule has 0 unspecified atom stereocenters. The number of piperidine rings is 1. The Balaban J connectivity index is 1.40. The van der Waals surface area contributed by atoms with Crippen LogP contribution in [0.15, 0.2) is 54.6 Å². The van der Waals surface area contributed by atoms with E-state index in [1.807, 2.05) is 36.1 Å². The van der Waals surface area contributed by atoms with E-state index >= 15 is 0 Å². The molecule has 0 aromatic heterocycles. The summed E-state index contributed by atoms with van der Waals surface area (Å²) in [6, 6.07) is 18.4. The predicted octanol–water partition coefficient (Wildman–Crippen LogP) is 3.98. The summed E-state index contributed by atoms with van der Waals surface area (Å²) in [5.74, 6) is 1.71. The molecule has 138 valence electrons. The average Bonchev–Trinajstić information content (AvgIpc) is 2.69. The molecule has 2 aromatic carbocycles. The molecular formula is C22H28N2O2. The van der Waals surface area contributed by atoms with Crippen molar-refractivity contribution in [1.82, 2.24) is 4.90 Å². The van der Waals surface area contributed by atoms with E-state index in [1.54, 1.807) is 0 Å². The van der Waals surface area contributed by atoms with Gasteiger partial charge in [-0.1, -0.05) is 30.3 Å². The number of rotatable bonds is 7. The van der Waals surface area contributed by atoms with Crippen LogP contribution in [0.25, 0.3) is 0 Å². The van der Waals surface area contributed by atoms with Crippen LogP contribution in [0.2, 0.25) is 0 Å². The fraction of sp³-hybridized carbons (Fsp3) is 0.409. The lowest BCUT2D eigenvalue weighted by Crippen LogP contribution is -2.41. The van der Waals surface area contributed by atoms with E-state index in [2.05, 4.69) is 35.6 Å². The molecule has 4 nitrogen and oxygen atoms in total. The Morgan fingerprint density at radius 2 is 1.77 bits per heavy atom. The number of nitrogens with zero attached hydrogens (tertiary/aromatic N) is 1. The van der Waals surface area contributed by atoms with Crippen molar-refractivity contribution in [2.75, 3.05) is 31.6 Å². The van der Waals surface area contributed by atoms with Gasteiger partial charge in [-0.2, -0.15) is 0 Å². The molecule has 1 fully saturated rings. The van der Waals surface area contributed by atoms with Crippen molar-refractivity contribution in [1.29, 1.82) is 0 Å². The summed E-state index contributed by atoms with van der Waals surface area (Å²) >= 11 is 0. The second-order valence-corrected chi connectivity index (χ2v) is 6.82. The van der Waals surface area contributed by atoms with Crippen molar-refractivity contribution in [3.8, 4) is 5.75 Å². The lowest BCUT2D eigenvalue weighted by molar-refractivity contribution is -0.130. The number of benzene rings is 2. The lowest BCUT2D eigenvalue weighted by Gasteiger charge is -2.32. The second-order valence-electron chi connectivity index (χ2n) is 6.82. The number of hydrogen-bond donors (Lipinski definition) is 1. The Morgan fingerprint density at radius 3 is 2.42 bits per heavy atom. The number of likely N-dealkylation sites (tertiary alicyclic amines) is 1. The minimum Gasteiger partial charge on any atom is -0.494 e. The molecule has 1 aliphatic rings. The van der Waals surface area contributed by atoms with E-state index in [1.165, 1.54) is 5.56 Å². The highest BCUT2D eigenvalue weighted by molar-refractivity contribution is 5.81. The maximum absolute atomic E-state index is 12.4. The third-order valence-corrected chi connectivity index (χ3v) is 4.94. The Kier molecular flexibility index (Phi) is 6.53. The van der Waals surface area contributed by atoms with Crippen LogP contribution in [0.3, 0.4) is 0 Å². The van der Waals surface area contributed by atoms with Crippen LogP contribution in [0.1, 0.15) is 25.3 Å². The number of anilines is 1. The van der Waals surface area contributed by atoms with Crippen LogP contribution in [0.4, 0.5) is 5.69 Å².